The third-order valence-corrected chi connectivity index (χ3v) is 6.17. The molecular formula is C24H20N2O3S. The lowest BCUT2D eigenvalue weighted by Crippen LogP contribution is -1.95. The summed E-state index contributed by atoms with van der Waals surface area (Å²) >= 11 is 1.64. The average Bonchev–Trinajstić information content (AvgIpc) is 3.34. The van der Waals surface area contributed by atoms with Gasteiger partial charge in [-0.2, -0.15) is 0 Å². The number of fused-ring (bicyclic) bond motifs is 3. The van der Waals surface area contributed by atoms with Crippen LogP contribution < -0.4 is 14.2 Å². The predicted octanol–water partition coefficient (Wildman–Crippen LogP) is 5.91. The van der Waals surface area contributed by atoms with Crippen LogP contribution in [0.15, 0.2) is 66.7 Å². The van der Waals surface area contributed by atoms with E-state index in [0.29, 0.717) is 0 Å². The van der Waals surface area contributed by atoms with Gasteiger partial charge < -0.3 is 14.2 Å². The van der Waals surface area contributed by atoms with Crippen molar-refractivity contribution in [2.75, 3.05) is 21.3 Å². The molecule has 3 aromatic carbocycles. The molecule has 0 spiro atoms. The van der Waals surface area contributed by atoms with Gasteiger partial charge in [0.15, 0.2) is 4.96 Å². The molecule has 0 bridgehead atoms. The van der Waals surface area contributed by atoms with Gasteiger partial charge in [-0.05, 0) is 30.3 Å². The number of thiazole rings is 1. The molecule has 0 unspecified atom stereocenters. The van der Waals surface area contributed by atoms with E-state index in [1.807, 2.05) is 48.5 Å². The molecule has 5 aromatic rings. The highest BCUT2D eigenvalue weighted by atomic mass is 32.1. The molecule has 0 aliphatic heterocycles. The highest BCUT2D eigenvalue weighted by Crippen LogP contribution is 2.43. The molecule has 6 heteroatoms. The zero-order valence-corrected chi connectivity index (χ0v) is 17.7. The number of rotatable bonds is 5. The standard InChI is InChI=1S/C24H20N2O3S/c1-27-16-9-11-18(20(13-16)29-3)23-22(15-7-5-4-6-8-15)25-24-26(23)19-12-10-17(28-2)14-21(19)30-24/h4-14H,1-3H3. The normalized spacial score (nSPS) is 11.2. The Balaban J connectivity index is 1.87. The Labute approximate surface area is 178 Å². The van der Waals surface area contributed by atoms with E-state index >= 15 is 0 Å². The average molecular weight is 417 g/mol. The highest BCUT2D eigenvalue weighted by Gasteiger charge is 2.22. The summed E-state index contributed by atoms with van der Waals surface area (Å²) in [6, 6.07) is 22.2. The molecule has 0 saturated carbocycles. The smallest absolute Gasteiger partial charge is 0.195 e. The molecule has 0 aliphatic rings. The van der Waals surface area contributed by atoms with Gasteiger partial charge >= 0.3 is 0 Å². The van der Waals surface area contributed by atoms with Gasteiger partial charge in [0.25, 0.3) is 0 Å². The minimum absolute atomic E-state index is 0.737. The Hall–Kier alpha value is -3.51. The van der Waals surface area contributed by atoms with Gasteiger partial charge in [0.1, 0.15) is 17.2 Å². The second-order valence-corrected chi connectivity index (χ2v) is 7.80. The van der Waals surface area contributed by atoms with Crippen molar-refractivity contribution in [3.63, 3.8) is 0 Å². The van der Waals surface area contributed by atoms with Gasteiger partial charge in [-0.1, -0.05) is 41.7 Å². The third-order valence-electron chi connectivity index (χ3n) is 5.17. The Morgan fingerprint density at radius 1 is 0.800 bits per heavy atom. The van der Waals surface area contributed by atoms with E-state index in [1.165, 1.54) is 0 Å². The van der Waals surface area contributed by atoms with Crippen LogP contribution in [0.3, 0.4) is 0 Å². The summed E-state index contributed by atoms with van der Waals surface area (Å²) in [6.07, 6.45) is 0. The lowest BCUT2D eigenvalue weighted by Gasteiger charge is -2.12. The van der Waals surface area contributed by atoms with Crippen LogP contribution >= 0.6 is 11.3 Å². The number of hydrogen-bond donors (Lipinski definition) is 0. The Kier molecular flexibility index (Phi) is 4.56. The van der Waals surface area contributed by atoms with Crippen LogP contribution in [0.4, 0.5) is 0 Å². The number of hydrogen-bond acceptors (Lipinski definition) is 5. The van der Waals surface area contributed by atoms with Crippen LogP contribution in [-0.4, -0.2) is 30.7 Å². The predicted molar refractivity (Wildman–Crippen MR) is 121 cm³/mol. The Morgan fingerprint density at radius 2 is 1.53 bits per heavy atom. The summed E-state index contributed by atoms with van der Waals surface area (Å²) in [5.41, 5.74) is 5.01. The first-order chi connectivity index (χ1) is 14.7. The molecule has 0 fully saturated rings. The molecule has 0 radical (unpaired) electrons. The summed E-state index contributed by atoms with van der Waals surface area (Å²) < 4.78 is 19.9. The molecule has 0 amide bonds. The van der Waals surface area contributed by atoms with Crippen LogP contribution in [0, 0.1) is 0 Å². The monoisotopic (exact) mass is 416 g/mol. The van der Waals surface area contributed by atoms with E-state index in [0.717, 1.165) is 54.9 Å². The van der Waals surface area contributed by atoms with Crippen LogP contribution in [0.25, 0.3) is 37.7 Å². The lowest BCUT2D eigenvalue weighted by atomic mass is 10.0. The van der Waals surface area contributed by atoms with Gasteiger partial charge in [-0.3, -0.25) is 4.40 Å². The largest absolute Gasteiger partial charge is 0.497 e. The van der Waals surface area contributed by atoms with Gasteiger partial charge in [0.2, 0.25) is 0 Å². The van der Waals surface area contributed by atoms with E-state index in [2.05, 4.69) is 22.6 Å². The van der Waals surface area contributed by atoms with E-state index in [1.54, 1.807) is 32.7 Å². The number of ether oxygens (including phenoxy) is 3. The minimum atomic E-state index is 0.737. The first-order valence-electron chi connectivity index (χ1n) is 9.50. The maximum Gasteiger partial charge on any atom is 0.195 e. The number of imidazole rings is 1. The van der Waals surface area contributed by atoms with Crippen molar-refractivity contribution in [2.45, 2.75) is 0 Å². The van der Waals surface area contributed by atoms with Crippen molar-refractivity contribution in [1.29, 1.82) is 0 Å². The summed E-state index contributed by atoms with van der Waals surface area (Å²) in [5, 5.41) is 0. The van der Waals surface area contributed by atoms with Gasteiger partial charge in [0, 0.05) is 17.2 Å². The maximum absolute atomic E-state index is 5.74. The quantitative estimate of drug-likeness (QED) is 0.357. The van der Waals surface area contributed by atoms with Crippen LogP contribution in [0.5, 0.6) is 17.2 Å². The Bertz CT molecular complexity index is 1360. The summed E-state index contributed by atoms with van der Waals surface area (Å²) in [5.74, 6) is 2.32. The van der Waals surface area contributed by atoms with E-state index in [-0.39, 0.29) is 0 Å². The van der Waals surface area contributed by atoms with E-state index in [9.17, 15) is 0 Å². The van der Waals surface area contributed by atoms with Crippen LogP contribution in [0.1, 0.15) is 0 Å². The summed E-state index contributed by atoms with van der Waals surface area (Å²) in [7, 11) is 5.01. The second-order valence-electron chi connectivity index (χ2n) is 6.79. The van der Waals surface area contributed by atoms with Gasteiger partial charge in [0.05, 0.1) is 42.9 Å². The van der Waals surface area contributed by atoms with E-state index < -0.39 is 0 Å². The molecule has 5 nitrogen and oxygen atoms in total. The van der Waals surface area contributed by atoms with Crippen LogP contribution in [0.2, 0.25) is 0 Å². The number of nitrogens with zero attached hydrogens (tertiary/aromatic N) is 2. The zero-order valence-electron chi connectivity index (χ0n) is 16.9. The molecular weight excluding hydrogens is 396 g/mol. The van der Waals surface area contributed by atoms with Crippen molar-refractivity contribution in [2.24, 2.45) is 0 Å². The third kappa shape index (κ3) is 2.88. The molecule has 30 heavy (non-hydrogen) atoms. The van der Waals surface area contributed by atoms with Gasteiger partial charge in [-0.25, -0.2) is 4.98 Å². The Morgan fingerprint density at radius 3 is 2.27 bits per heavy atom. The molecule has 0 atom stereocenters. The van der Waals surface area contributed by atoms with Crippen molar-refractivity contribution in [3.8, 4) is 39.8 Å². The van der Waals surface area contributed by atoms with Crippen molar-refractivity contribution >= 4 is 26.5 Å². The van der Waals surface area contributed by atoms with Crippen molar-refractivity contribution in [1.82, 2.24) is 9.38 Å². The second kappa shape index (κ2) is 7.39. The highest BCUT2D eigenvalue weighted by molar-refractivity contribution is 7.23. The van der Waals surface area contributed by atoms with Gasteiger partial charge in [-0.15, -0.1) is 0 Å². The number of methoxy groups -OCH3 is 3. The van der Waals surface area contributed by atoms with E-state index in [4.69, 9.17) is 19.2 Å². The molecule has 0 N–H and O–H groups in total. The summed E-state index contributed by atoms with van der Waals surface area (Å²) in [4.78, 5) is 5.95. The topological polar surface area (TPSA) is 45.0 Å². The fourth-order valence-corrected chi connectivity index (χ4v) is 4.77. The van der Waals surface area contributed by atoms with Crippen molar-refractivity contribution in [3.05, 3.63) is 66.7 Å². The molecule has 150 valence electrons. The first-order valence-corrected chi connectivity index (χ1v) is 10.3. The molecule has 2 heterocycles. The molecule has 2 aromatic heterocycles. The minimum Gasteiger partial charge on any atom is -0.497 e. The number of benzene rings is 3. The maximum atomic E-state index is 5.74. The SMILES string of the molecule is COc1ccc(-c2c(-c3ccccc3)nc3sc4cc(OC)ccc4n23)c(OC)c1. The zero-order chi connectivity index (χ0) is 20.7. The fourth-order valence-electron chi connectivity index (χ4n) is 3.72. The number of aromatic nitrogens is 2. The fraction of sp³-hybridized carbons (Fsp3) is 0.125. The first kappa shape index (κ1) is 18.5. The molecule has 5 rings (SSSR count). The lowest BCUT2D eigenvalue weighted by molar-refractivity contribution is 0.395. The van der Waals surface area contributed by atoms with Crippen LogP contribution in [-0.2, 0) is 0 Å². The van der Waals surface area contributed by atoms with Crippen molar-refractivity contribution < 1.29 is 14.2 Å². The summed E-state index contributed by atoms with van der Waals surface area (Å²) in [6.45, 7) is 0. The molecule has 0 aliphatic carbocycles. The molecule has 0 saturated heterocycles.